The van der Waals surface area contributed by atoms with Crippen molar-refractivity contribution in [1.82, 2.24) is 10.2 Å². The van der Waals surface area contributed by atoms with E-state index in [2.05, 4.69) is 16.3 Å². The molecule has 1 N–H and O–H groups in total. The molecular weight excluding hydrogens is 318 g/mol. The molecule has 3 rings (SSSR count). The Morgan fingerprint density at radius 1 is 1.36 bits per heavy atom. The molecule has 6 nitrogen and oxygen atoms in total. The zero-order chi connectivity index (χ0) is 17.6. The molecule has 134 valence electrons. The minimum atomic E-state index is -0.0767. The molecule has 0 aliphatic carbocycles. The number of hydrogen-bond acceptors (Lipinski definition) is 4. The molecule has 6 heteroatoms. The number of ether oxygens (including phenoxy) is 1. The number of benzene rings is 1. The van der Waals surface area contributed by atoms with Crippen molar-refractivity contribution in [3.63, 3.8) is 0 Å². The second kappa shape index (κ2) is 7.96. The Kier molecular flexibility index (Phi) is 5.48. The number of nitrogens with zero attached hydrogens (tertiary/aromatic N) is 2. The number of methoxy groups -OCH3 is 1. The van der Waals surface area contributed by atoms with Gasteiger partial charge in [0.1, 0.15) is 11.5 Å². The van der Waals surface area contributed by atoms with Gasteiger partial charge in [0.2, 0.25) is 0 Å². The van der Waals surface area contributed by atoms with E-state index in [4.69, 9.17) is 9.15 Å². The Bertz CT molecular complexity index is 687. The van der Waals surface area contributed by atoms with Crippen LogP contribution in [0.15, 0.2) is 47.1 Å². The summed E-state index contributed by atoms with van der Waals surface area (Å²) < 4.78 is 10.7. The number of nitrogens with one attached hydrogen (secondary N) is 1. The summed E-state index contributed by atoms with van der Waals surface area (Å²) in [5.74, 6) is 2.11. The van der Waals surface area contributed by atoms with Crippen LogP contribution in [0.3, 0.4) is 0 Å². The zero-order valence-corrected chi connectivity index (χ0v) is 14.8. The van der Waals surface area contributed by atoms with Crippen LogP contribution in [-0.2, 0) is 6.54 Å². The van der Waals surface area contributed by atoms with E-state index in [1.54, 1.807) is 25.3 Å². The maximum atomic E-state index is 12.2. The van der Waals surface area contributed by atoms with Gasteiger partial charge in [-0.3, -0.25) is 0 Å². The fourth-order valence-corrected chi connectivity index (χ4v) is 3.18. The number of rotatable bonds is 6. The predicted octanol–water partition coefficient (Wildman–Crippen LogP) is 2.96. The molecule has 1 unspecified atom stereocenters. The van der Waals surface area contributed by atoms with Gasteiger partial charge in [-0.25, -0.2) is 4.79 Å². The number of carbonyl (C=O) groups excluding carboxylic acids is 1. The SMILES string of the molecule is COc1ccccc1N1CCC(CNC(=O)N(C)Cc2ccco2)C1. The van der Waals surface area contributed by atoms with Crippen molar-refractivity contribution in [2.75, 3.05) is 38.7 Å². The second-order valence-electron chi connectivity index (χ2n) is 6.39. The van der Waals surface area contributed by atoms with Gasteiger partial charge in [0.05, 0.1) is 25.6 Å². The van der Waals surface area contributed by atoms with E-state index >= 15 is 0 Å². The molecule has 1 aliphatic heterocycles. The lowest BCUT2D eigenvalue weighted by Crippen LogP contribution is -2.39. The lowest BCUT2D eigenvalue weighted by molar-refractivity contribution is 0.201. The molecule has 25 heavy (non-hydrogen) atoms. The zero-order valence-electron chi connectivity index (χ0n) is 14.8. The lowest BCUT2D eigenvalue weighted by atomic mass is 10.1. The van der Waals surface area contributed by atoms with Gasteiger partial charge in [-0.1, -0.05) is 12.1 Å². The first-order chi connectivity index (χ1) is 12.2. The number of furan rings is 1. The lowest BCUT2D eigenvalue weighted by Gasteiger charge is -2.22. The summed E-state index contributed by atoms with van der Waals surface area (Å²) in [5, 5.41) is 3.02. The summed E-state index contributed by atoms with van der Waals surface area (Å²) in [7, 11) is 3.47. The van der Waals surface area contributed by atoms with Gasteiger partial charge in [0.15, 0.2) is 0 Å². The van der Waals surface area contributed by atoms with Crippen LogP contribution < -0.4 is 15.0 Å². The van der Waals surface area contributed by atoms with E-state index in [1.165, 1.54) is 0 Å². The first kappa shape index (κ1) is 17.2. The van der Waals surface area contributed by atoms with E-state index in [0.29, 0.717) is 19.0 Å². The molecule has 1 fully saturated rings. The van der Waals surface area contributed by atoms with E-state index in [9.17, 15) is 4.79 Å². The van der Waals surface area contributed by atoms with Crippen molar-refractivity contribution in [2.45, 2.75) is 13.0 Å². The second-order valence-corrected chi connectivity index (χ2v) is 6.39. The first-order valence-corrected chi connectivity index (χ1v) is 8.56. The standard InChI is InChI=1S/C19H25N3O3/c1-21(14-16-6-5-11-25-16)19(23)20-12-15-9-10-22(13-15)17-7-3-4-8-18(17)24-2/h3-8,11,15H,9-10,12-14H2,1-2H3,(H,20,23). The maximum Gasteiger partial charge on any atom is 0.317 e. The average Bonchev–Trinajstić information content (AvgIpc) is 3.31. The Morgan fingerprint density at radius 2 is 2.20 bits per heavy atom. The molecular formula is C19H25N3O3. The Labute approximate surface area is 148 Å². The van der Waals surface area contributed by atoms with Gasteiger partial charge >= 0.3 is 6.03 Å². The van der Waals surface area contributed by atoms with Crippen LogP contribution in [0.5, 0.6) is 5.75 Å². The highest BCUT2D eigenvalue weighted by molar-refractivity contribution is 5.73. The summed E-state index contributed by atoms with van der Waals surface area (Å²) in [5.41, 5.74) is 1.12. The van der Waals surface area contributed by atoms with Crippen molar-refractivity contribution in [1.29, 1.82) is 0 Å². The number of hydrogen-bond donors (Lipinski definition) is 1. The highest BCUT2D eigenvalue weighted by Gasteiger charge is 2.25. The van der Waals surface area contributed by atoms with Gasteiger partial charge in [-0.2, -0.15) is 0 Å². The largest absolute Gasteiger partial charge is 0.495 e. The molecule has 0 bridgehead atoms. The first-order valence-electron chi connectivity index (χ1n) is 8.56. The maximum absolute atomic E-state index is 12.2. The molecule has 0 saturated carbocycles. The summed E-state index contributed by atoms with van der Waals surface area (Å²) in [6.45, 7) is 3.04. The molecule has 1 atom stereocenters. The topological polar surface area (TPSA) is 58.0 Å². The molecule has 0 radical (unpaired) electrons. The van der Waals surface area contributed by atoms with Crippen molar-refractivity contribution >= 4 is 11.7 Å². The number of anilines is 1. The van der Waals surface area contributed by atoms with Crippen LogP contribution >= 0.6 is 0 Å². The molecule has 1 aliphatic rings. The Balaban J connectivity index is 1.47. The van der Waals surface area contributed by atoms with E-state index in [0.717, 1.165) is 36.7 Å². The fourth-order valence-electron chi connectivity index (χ4n) is 3.18. The fraction of sp³-hybridized carbons (Fsp3) is 0.421. The van der Waals surface area contributed by atoms with Crippen molar-refractivity contribution < 1.29 is 13.9 Å². The van der Waals surface area contributed by atoms with Crippen LogP contribution in [0.1, 0.15) is 12.2 Å². The summed E-state index contributed by atoms with van der Waals surface area (Å²) in [6.07, 6.45) is 2.67. The van der Waals surface area contributed by atoms with Crippen LogP contribution in [0.2, 0.25) is 0 Å². The van der Waals surface area contributed by atoms with Gasteiger partial charge in [-0.15, -0.1) is 0 Å². The molecule has 0 spiro atoms. The van der Waals surface area contributed by atoms with Gasteiger partial charge in [-0.05, 0) is 36.6 Å². The van der Waals surface area contributed by atoms with Gasteiger partial charge in [0, 0.05) is 26.7 Å². The van der Waals surface area contributed by atoms with Crippen LogP contribution in [0.4, 0.5) is 10.5 Å². The minimum Gasteiger partial charge on any atom is -0.495 e. The van der Waals surface area contributed by atoms with E-state index < -0.39 is 0 Å². The summed E-state index contributed by atoms with van der Waals surface area (Å²) in [4.78, 5) is 16.2. The smallest absolute Gasteiger partial charge is 0.317 e. The average molecular weight is 343 g/mol. The predicted molar refractivity (Wildman–Crippen MR) is 96.9 cm³/mol. The number of carbonyl (C=O) groups is 1. The summed E-state index contributed by atoms with van der Waals surface area (Å²) >= 11 is 0. The molecule has 1 aromatic heterocycles. The van der Waals surface area contributed by atoms with Crippen LogP contribution in [-0.4, -0.2) is 44.7 Å². The highest BCUT2D eigenvalue weighted by Crippen LogP contribution is 2.31. The Morgan fingerprint density at radius 3 is 2.96 bits per heavy atom. The molecule has 1 saturated heterocycles. The van der Waals surface area contributed by atoms with Gasteiger partial charge < -0.3 is 24.3 Å². The number of urea groups is 1. The number of para-hydroxylation sites is 2. The van der Waals surface area contributed by atoms with Crippen molar-refractivity contribution in [2.24, 2.45) is 5.92 Å². The quantitative estimate of drug-likeness (QED) is 0.876. The van der Waals surface area contributed by atoms with Crippen molar-refractivity contribution in [3.8, 4) is 5.75 Å². The molecule has 2 amide bonds. The van der Waals surface area contributed by atoms with Crippen molar-refractivity contribution in [3.05, 3.63) is 48.4 Å². The van der Waals surface area contributed by atoms with Crippen LogP contribution in [0, 0.1) is 5.92 Å². The minimum absolute atomic E-state index is 0.0767. The molecule has 2 aromatic rings. The van der Waals surface area contributed by atoms with E-state index in [1.807, 2.05) is 30.3 Å². The Hall–Kier alpha value is -2.63. The third kappa shape index (κ3) is 4.26. The van der Waals surface area contributed by atoms with E-state index in [-0.39, 0.29) is 6.03 Å². The normalized spacial score (nSPS) is 16.7. The van der Waals surface area contributed by atoms with Gasteiger partial charge in [0.25, 0.3) is 0 Å². The third-order valence-electron chi connectivity index (χ3n) is 4.57. The monoisotopic (exact) mass is 343 g/mol. The molecule has 1 aromatic carbocycles. The molecule has 2 heterocycles. The summed E-state index contributed by atoms with van der Waals surface area (Å²) in [6, 6.07) is 11.7. The van der Waals surface area contributed by atoms with Crippen LogP contribution in [0.25, 0.3) is 0 Å². The highest BCUT2D eigenvalue weighted by atomic mass is 16.5. The third-order valence-corrected chi connectivity index (χ3v) is 4.57. The number of amides is 2.